The van der Waals surface area contributed by atoms with Gasteiger partial charge in [-0.2, -0.15) is 4.37 Å². The van der Waals surface area contributed by atoms with Gasteiger partial charge in [0.2, 0.25) is 11.8 Å². The number of rotatable bonds is 6. The van der Waals surface area contributed by atoms with Crippen LogP contribution in [0.1, 0.15) is 46.5 Å². The van der Waals surface area contributed by atoms with Gasteiger partial charge in [-0.25, -0.2) is 0 Å². The molecule has 2 aliphatic heterocycles. The number of nitrogens with zero attached hydrogens (tertiary/aromatic N) is 4. The van der Waals surface area contributed by atoms with E-state index in [0.717, 1.165) is 64.2 Å². The van der Waals surface area contributed by atoms with Crippen molar-refractivity contribution in [1.82, 2.24) is 14.2 Å². The summed E-state index contributed by atoms with van der Waals surface area (Å²) in [5, 5.41) is 1.26. The molecule has 2 bridgehead atoms. The summed E-state index contributed by atoms with van der Waals surface area (Å²) in [6.45, 7) is 11.9. The highest BCUT2D eigenvalue weighted by Gasteiger charge is 2.64. The Morgan fingerprint density at radius 2 is 1.73 bits per heavy atom. The molecule has 5 rings (SSSR count). The molecular weight excluding hydrogens is 456 g/mol. The lowest BCUT2D eigenvalue weighted by atomic mass is 9.62. The van der Waals surface area contributed by atoms with Crippen LogP contribution in [0.4, 0.5) is 5.82 Å². The van der Waals surface area contributed by atoms with Crippen LogP contribution in [0.25, 0.3) is 10.1 Å². The zero-order chi connectivity index (χ0) is 22.5. The van der Waals surface area contributed by atoms with Crippen LogP contribution in [-0.4, -0.2) is 65.3 Å². The predicted molar refractivity (Wildman–Crippen MR) is 136 cm³/mol. The standard InChI is InChI=1S/C25H34N4O2S.ClH/c1-24(2)19-10-11-25(24,3)23(31)29(22(19)30)13-7-6-12-27-14-16-28(17-15-27)21-18-8-4-5-9-20(18)32-26-21;/h4-5,8-9,19H,6-7,10-17H2,1-3H3;1H. The number of likely N-dealkylation sites (tertiary alicyclic amines) is 1. The number of fused-ring (bicyclic) bond motifs is 3. The summed E-state index contributed by atoms with van der Waals surface area (Å²) in [7, 11) is 0. The number of hydrogen-bond donors (Lipinski definition) is 0. The van der Waals surface area contributed by atoms with Gasteiger partial charge in [0.25, 0.3) is 0 Å². The second-order valence-electron chi connectivity index (χ2n) is 10.5. The van der Waals surface area contributed by atoms with Crippen molar-refractivity contribution in [1.29, 1.82) is 0 Å². The zero-order valence-electron chi connectivity index (χ0n) is 19.9. The Balaban J connectivity index is 0.00000259. The van der Waals surface area contributed by atoms with Crippen LogP contribution in [-0.2, 0) is 9.59 Å². The second kappa shape index (κ2) is 9.16. The van der Waals surface area contributed by atoms with Crippen molar-refractivity contribution in [3.8, 4) is 0 Å². The van der Waals surface area contributed by atoms with Gasteiger partial charge in [0.15, 0.2) is 0 Å². The Morgan fingerprint density at radius 3 is 2.48 bits per heavy atom. The third-order valence-corrected chi connectivity index (χ3v) is 9.46. The number of anilines is 1. The summed E-state index contributed by atoms with van der Waals surface area (Å²) in [6.07, 6.45) is 3.59. The number of piperazine rings is 1. The normalized spacial score (nSPS) is 27.3. The third-order valence-electron chi connectivity index (χ3n) is 8.64. The molecule has 2 aromatic rings. The first-order chi connectivity index (χ1) is 15.3. The van der Waals surface area contributed by atoms with Gasteiger partial charge in [-0.15, -0.1) is 12.4 Å². The van der Waals surface area contributed by atoms with Crippen LogP contribution >= 0.6 is 23.9 Å². The zero-order valence-corrected chi connectivity index (χ0v) is 21.5. The minimum atomic E-state index is -0.387. The van der Waals surface area contributed by atoms with Crippen LogP contribution in [0.2, 0.25) is 0 Å². The SMILES string of the molecule is CC12CCC(C(=O)N(CCCCN3CCN(c4nsc5ccccc45)CC3)C1=O)C2(C)C.Cl. The number of hydrogen-bond acceptors (Lipinski definition) is 6. The lowest BCUT2D eigenvalue weighted by Crippen LogP contribution is -2.59. The highest BCUT2D eigenvalue weighted by Crippen LogP contribution is 2.60. The van der Waals surface area contributed by atoms with E-state index in [0.29, 0.717) is 6.54 Å². The fourth-order valence-corrected chi connectivity index (χ4v) is 6.80. The smallest absolute Gasteiger partial charge is 0.235 e. The van der Waals surface area contributed by atoms with E-state index < -0.39 is 0 Å². The molecule has 3 heterocycles. The molecule has 2 atom stereocenters. The Kier molecular flexibility index (Phi) is 6.78. The summed E-state index contributed by atoms with van der Waals surface area (Å²) >= 11 is 1.58. The predicted octanol–water partition coefficient (Wildman–Crippen LogP) is 4.43. The van der Waals surface area contributed by atoms with Crippen LogP contribution < -0.4 is 4.90 Å². The first-order valence-corrected chi connectivity index (χ1v) is 12.8. The van der Waals surface area contributed by atoms with Crippen molar-refractivity contribution in [2.24, 2.45) is 16.7 Å². The number of carbonyl (C=O) groups is 2. The largest absolute Gasteiger partial charge is 0.353 e. The molecule has 1 aromatic heterocycles. The number of unbranched alkanes of at least 4 members (excludes halogenated alkanes) is 1. The van der Waals surface area contributed by atoms with E-state index in [2.05, 4.69) is 54.8 Å². The van der Waals surface area contributed by atoms with Gasteiger partial charge in [-0.05, 0) is 61.3 Å². The summed E-state index contributed by atoms with van der Waals surface area (Å²) in [4.78, 5) is 32.6. The Morgan fingerprint density at radius 1 is 1.03 bits per heavy atom. The Hall–Kier alpha value is -1.70. The topological polar surface area (TPSA) is 56.8 Å². The van der Waals surface area contributed by atoms with Gasteiger partial charge in [-0.3, -0.25) is 19.4 Å². The van der Waals surface area contributed by atoms with Crippen molar-refractivity contribution in [3.05, 3.63) is 24.3 Å². The van der Waals surface area contributed by atoms with Gasteiger partial charge in [-0.1, -0.05) is 32.9 Å². The highest BCUT2D eigenvalue weighted by molar-refractivity contribution is 7.13. The minimum Gasteiger partial charge on any atom is -0.353 e. The van der Waals surface area contributed by atoms with E-state index in [9.17, 15) is 9.59 Å². The molecule has 8 heteroatoms. The van der Waals surface area contributed by atoms with Gasteiger partial charge in [0.1, 0.15) is 5.82 Å². The highest BCUT2D eigenvalue weighted by atomic mass is 35.5. The lowest BCUT2D eigenvalue weighted by molar-refractivity contribution is -0.167. The number of halogens is 1. The van der Waals surface area contributed by atoms with Gasteiger partial charge in [0.05, 0.1) is 10.1 Å². The molecule has 6 nitrogen and oxygen atoms in total. The first kappa shape index (κ1) is 24.4. The van der Waals surface area contributed by atoms with Gasteiger partial charge in [0, 0.05) is 44.0 Å². The fraction of sp³-hybridized carbons (Fsp3) is 0.640. The van der Waals surface area contributed by atoms with Gasteiger partial charge >= 0.3 is 0 Å². The first-order valence-electron chi connectivity index (χ1n) is 12.0. The molecular formula is C25H35ClN4O2S. The number of amides is 2. The fourth-order valence-electron chi connectivity index (χ4n) is 6.00. The molecule has 3 fully saturated rings. The Bertz CT molecular complexity index is 1030. The molecule has 2 saturated heterocycles. The van der Waals surface area contributed by atoms with Crippen molar-refractivity contribution in [2.75, 3.05) is 44.2 Å². The number of piperidine rings is 1. The molecule has 1 aliphatic carbocycles. The van der Waals surface area contributed by atoms with Gasteiger partial charge < -0.3 is 4.90 Å². The van der Waals surface area contributed by atoms with E-state index in [1.165, 1.54) is 10.1 Å². The average molecular weight is 491 g/mol. The van der Waals surface area contributed by atoms with Crippen LogP contribution in [0.5, 0.6) is 0 Å². The van der Waals surface area contributed by atoms with Crippen LogP contribution in [0, 0.1) is 16.7 Å². The maximum Gasteiger partial charge on any atom is 0.235 e. The van der Waals surface area contributed by atoms with Crippen LogP contribution in [0.15, 0.2) is 24.3 Å². The van der Waals surface area contributed by atoms with E-state index in [-0.39, 0.29) is 41.0 Å². The summed E-state index contributed by atoms with van der Waals surface area (Å²) in [5.41, 5.74) is -0.609. The summed E-state index contributed by atoms with van der Waals surface area (Å²) in [6, 6.07) is 8.45. The van der Waals surface area contributed by atoms with E-state index in [1.54, 1.807) is 16.4 Å². The molecule has 0 N–H and O–H groups in total. The minimum absolute atomic E-state index is 0. The molecule has 180 valence electrons. The summed E-state index contributed by atoms with van der Waals surface area (Å²) < 4.78 is 5.95. The van der Waals surface area contributed by atoms with Crippen LogP contribution in [0.3, 0.4) is 0 Å². The van der Waals surface area contributed by atoms with E-state index >= 15 is 0 Å². The average Bonchev–Trinajstić information content (AvgIpc) is 3.29. The molecule has 0 spiro atoms. The third kappa shape index (κ3) is 3.96. The van der Waals surface area contributed by atoms with Crippen molar-refractivity contribution < 1.29 is 9.59 Å². The maximum absolute atomic E-state index is 13.2. The maximum atomic E-state index is 13.2. The number of aromatic nitrogens is 1. The lowest BCUT2D eigenvalue weighted by Gasteiger charge is -2.47. The number of carbonyl (C=O) groups excluding carboxylic acids is 2. The van der Waals surface area contributed by atoms with E-state index in [1.807, 2.05) is 0 Å². The second-order valence-corrected chi connectivity index (χ2v) is 11.3. The van der Waals surface area contributed by atoms with Crippen molar-refractivity contribution >= 4 is 51.7 Å². The molecule has 3 aliphatic rings. The number of imide groups is 1. The molecule has 0 radical (unpaired) electrons. The molecule has 2 amide bonds. The monoisotopic (exact) mass is 490 g/mol. The molecule has 1 saturated carbocycles. The quantitative estimate of drug-likeness (QED) is 0.443. The Labute approximate surface area is 206 Å². The molecule has 2 unspecified atom stereocenters. The number of benzene rings is 1. The van der Waals surface area contributed by atoms with Crippen molar-refractivity contribution in [3.63, 3.8) is 0 Å². The molecule has 33 heavy (non-hydrogen) atoms. The van der Waals surface area contributed by atoms with E-state index in [4.69, 9.17) is 4.37 Å². The molecule has 1 aromatic carbocycles. The van der Waals surface area contributed by atoms with Crippen molar-refractivity contribution in [2.45, 2.75) is 46.5 Å². The summed E-state index contributed by atoms with van der Waals surface area (Å²) in [5.74, 6) is 1.25.